The molecule has 31 heavy (non-hydrogen) atoms. The minimum absolute atomic E-state index is 0.105. The monoisotopic (exact) mass is 427 g/mol. The molecular formula is C23H23F2N3O3. The van der Waals surface area contributed by atoms with Crippen molar-refractivity contribution in [3.63, 3.8) is 0 Å². The highest BCUT2D eigenvalue weighted by molar-refractivity contribution is 5.71. The molecule has 2 aliphatic carbocycles. The zero-order chi connectivity index (χ0) is 22.4. The van der Waals surface area contributed by atoms with Crippen LogP contribution < -0.4 is 5.32 Å². The maximum absolute atomic E-state index is 12.7. The van der Waals surface area contributed by atoms with E-state index >= 15 is 0 Å². The highest BCUT2D eigenvalue weighted by Gasteiger charge is 2.36. The summed E-state index contributed by atoms with van der Waals surface area (Å²) in [4.78, 5) is 13.8. The molecule has 0 aromatic rings. The number of amides is 1. The number of likely N-dealkylation sites (N-methyl/N-ethyl adjacent to an activating group) is 1. The summed E-state index contributed by atoms with van der Waals surface area (Å²) in [6, 6.07) is 1.93. The highest BCUT2D eigenvalue weighted by atomic mass is 19.3. The first-order chi connectivity index (χ1) is 15.0. The fourth-order valence-corrected chi connectivity index (χ4v) is 3.84. The molecule has 8 heteroatoms. The lowest BCUT2D eigenvalue weighted by Crippen LogP contribution is -2.31. The van der Waals surface area contributed by atoms with Crippen molar-refractivity contribution in [2.24, 2.45) is 0 Å². The Hall–Kier alpha value is -3.60. The molecule has 0 bridgehead atoms. The number of alkyl carbamates (subject to hydrolysis) is 1. The van der Waals surface area contributed by atoms with Crippen LogP contribution in [0.5, 0.6) is 0 Å². The molecule has 1 amide bonds. The Balaban J connectivity index is 1.89. The van der Waals surface area contributed by atoms with E-state index in [0.29, 0.717) is 18.7 Å². The lowest BCUT2D eigenvalue weighted by atomic mass is 9.95. The first-order valence-electron chi connectivity index (χ1n) is 9.86. The number of allylic oxidation sites excluding steroid dienone is 6. The van der Waals surface area contributed by atoms with Gasteiger partial charge in [0.15, 0.2) is 0 Å². The van der Waals surface area contributed by atoms with Crippen LogP contribution in [0.3, 0.4) is 0 Å². The second-order valence-electron chi connectivity index (χ2n) is 6.86. The number of nitrogens with zero attached hydrogens (tertiary/aromatic N) is 2. The molecule has 1 atom stereocenters. The van der Waals surface area contributed by atoms with E-state index in [1.807, 2.05) is 19.1 Å². The number of rotatable bonds is 7. The first-order valence-corrected chi connectivity index (χ1v) is 9.86. The Morgan fingerprint density at radius 1 is 1.42 bits per heavy atom. The summed E-state index contributed by atoms with van der Waals surface area (Å²) < 4.78 is 34.8. The van der Waals surface area contributed by atoms with Crippen molar-refractivity contribution < 1.29 is 23.0 Å². The fourth-order valence-electron chi connectivity index (χ4n) is 3.84. The molecule has 0 aromatic carbocycles. The number of alkyl halides is 2. The van der Waals surface area contributed by atoms with Crippen LogP contribution in [0.1, 0.15) is 19.8 Å². The van der Waals surface area contributed by atoms with Gasteiger partial charge in [-0.25, -0.2) is 4.79 Å². The van der Waals surface area contributed by atoms with Gasteiger partial charge in [-0.05, 0) is 48.3 Å². The summed E-state index contributed by atoms with van der Waals surface area (Å²) in [6.45, 7) is 3.30. The number of fused-ring (bicyclic) bond motifs is 1. The molecule has 162 valence electrons. The van der Waals surface area contributed by atoms with E-state index in [-0.39, 0.29) is 24.8 Å². The van der Waals surface area contributed by atoms with E-state index in [1.54, 1.807) is 18.2 Å². The van der Waals surface area contributed by atoms with Crippen molar-refractivity contribution in [3.8, 4) is 6.07 Å². The average Bonchev–Trinajstić information content (AvgIpc) is 3.05. The summed E-state index contributed by atoms with van der Waals surface area (Å²) in [5.41, 5.74) is 4.26. The molecule has 0 fully saturated rings. The number of nitrogens with one attached hydrogen (secondary N) is 1. The predicted octanol–water partition coefficient (Wildman–Crippen LogP) is 4.60. The van der Waals surface area contributed by atoms with Gasteiger partial charge >= 0.3 is 12.7 Å². The number of nitriles is 1. The van der Waals surface area contributed by atoms with Gasteiger partial charge < -0.3 is 14.4 Å². The van der Waals surface area contributed by atoms with Crippen molar-refractivity contribution in [1.82, 2.24) is 10.2 Å². The van der Waals surface area contributed by atoms with Gasteiger partial charge in [-0.1, -0.05) is 30.9 Å². The van der Waals surface area contributed by atoms with Gasteiger partial charge in [0, 0.05) is 17.9 Å². The molecule has 0 radical (unpaired) electrons. The van der Waals surface area contributed by atoms with Crippen LogP contribution in [0.15, 0.2) is 83.0 Å². The molecule has 0 aromatic heterocycles. The van der Waals surface area contributed by atoms with E-state index in [9.17, 15) is 18.8 Å². The van der Waals surface area contributed by atoms with Crippen LogP contribution in [0.4, 0.5) is 13.6 Å². The van der Waals surface area contributed by atoms with Crippen molar-refractivity contribution in [1.29, 1.82) is 5.26 Å². The number of carbonyl (C=O) groups is 1. The second-order valence-corrected chi connectivity index (χ2v) is 6.86. The summed E-state index contributed by atoms with van der Waals surface area (Å²) in [7, 11) is 0. The number of hydrogen-bond acceptors (Lipinski definition) is 5. The highest BCUT2D eigenvalue weighted by Crippen LogP contribution is 2.42. The van der Waals surface area contributed by atoms with Gasteiger partial charge in [-0.15, -0.1) is 0 Å². The SMILES string of the molecule is C=CCOC(=O)NC1=CCC(=C2C(CC#N)=C3C=CC(OC(F)F)=CC3N2CC)C=C1. The lowest BCUT2D eigenvalue weighted by Gasteiger charge is -2.29. The molecule has 6 nitrogen and oxygen atoms in total. The third-order valence-corrected chi connectivity index (χ3v) is 5.04. The summed E-state index contributed by atoms with van der Waals surface area (Å²) in [5.74, 6) is 0.105. The van der Waals surface area contributed by atoms with Gasteiger partial charge in [0.2, 0.25) is 0 Å². The van der Waals surface area contributed by atoms with Gasteiger partial charge in [-0.3, -0.25) is 5.32 Å². The van der Waals surface area contributed by atoms with Crippen molar-refractivity contribution >= 4 is 6.09 Å². The summed E-state index contributed by atoms with van der Waals surface area (Å²) in [6.07, 6.45) is 12.1. The number of halogens is 2. The molecule has 1 heterocycles. The van der Waals surface area contributed by atoms with Gasteiger partial charge in [-0.2, -0.15) is 14.0 Å². The standard InChI is InChI=1S/C23H23F2N3O3/c1-3-13-30-23(29)27-16-7-5-15(6-8-16)21-19(11-12-26)18-10-9-17(31-22(24)25)14-20(18)28(21)4-2/h3,5,7-10,14,20,22H,1,4,6,11,13H2,2H3,(H,27,29). The van der Waals surface area contributed by atoms with Crippen molar-refractivity contribution in [3.05, 3.63) is 83.0 Å². The third-order valence-electron chi connectivity index (χ3n) is 5.04. The van der Waals surface area contributed by atoms with Crippen molar-refractivity contribution in [2.75, 3.05) is 13.2 Å². The zero-order valence-electron chi connectivity index (χ0n) is 17.1. The Kier molecular flexibility index (Phi) is 7.08. The Bertz CT molecular complexity index is 981. The van der Waals surface area contributed by atoms with E-state index in [0.717, 1.165) is 22.4 Å². The number of hydrogen-bond donors (Lipinski definition) is 1. The van der Waals surface area contributed by atoms with Gasteiger partial charge in [0.1, 0.15) is 12.4 Å². The molecule has 1 N–H and O–H groups in total. The van der Waals surface area contributed by atoms with Crippen molar-refractivity contribution in [2.45, 2.75) is 32.4 Å². The maximum Gasteiger partial charge on any atom is 0.411 e. The maximum atomic E-state index is 12.7. The Morgan fingerprint density at radius 3 is 2.84 bits per heavy atom. The summed E-state index contributed by atoms with van der Waals surface area (Å²) >= 11 is 0. The van der Waals surface area contributed by atoms with Gasteiger partial charge in [0.25, 0.3) is 0 Å². The summed E-state index contributed by atoms with van der Waals surface area (Å²) in [5, 5.41) is 12.0. The number of carbonyl (C=O) groups excluding carboxylic acids is 1. The molecule has 1 unspecified atom stereocenters. The minimum atomic E-state index is -2.90. The third kappa shape index (κ3) is 4.94. The van der Waals surface area contributed by atoms with Crippen LogP contribution in [-0.4, -0.2) is 36.8 Å². The van der Waals surface area contributed by atoms with E-state index in [2.05, 4.69) is 27.6 Å². The van der Waals surface area contributed by atoms with Crippen LogP contribution in [0.25, 0.3) is 0 Å². The lowest BCUT2D eigenvalue weighted by molar-refractivity contribution is -0.0926. The smallest absolute Gasteiger partial charge is 0.411 e. The molecule has 3 rings (SSSR count). The number of ether oxygens (including phenoxy) is 2. The molecule has 0 saturated carbocycles. The quantitative estimate of drug-likeness (QED) is 0.601. The first kappa shape index (κ1) is 22.1. The average molecular weight is 427 g/mol. The van der Waals surface area contributed by atoms with E-state index < -0.39 is 12.7 Å². The predicted molar refractivity (Wildman–Crippen MR) is 111 cm³/mol. The topological polar surface area (TPSA) is 74.6 Å². The van der Waals surface area contributed by atoms with Crippen LogP contribution >= 0.6 is 0 Å². The Labute approximate surface area is 179 Å². The van der Waals surface area contributed by atoms with Gasteiger partial charge in [0.05, 0.1) is 18.5 Å². The normalized spacial score (nSPS) is 22.0. The largest absolute Gasteiger partial charge is 0.445 e. The van der Waals surface area contributed by atoms with E-state index in [4.69, 9.17) is 4.74 Å². The fraction of sp³-hybridized carbons (Fsp3) is 0.304. The van der Waals surface area contributed by atoms with Crippen LogP contribution in [-0.2, 0) is 9.47 Å². The Morgan fingerprint density at radius 2 is 2.23 bits per heavy atom. The molecule has 3 aliphatic rings. The molecule has 1 aliphatic heterocycles. The molecule has 0 saturated heterocycles. The second kappa shape index (κ2) is 9.94. The van der Waals surface area contributed by atoms with Crippen LogP contribution in [0, 0.1) is 11.3 Å². The molecule has 0 spiro atoms. The zero-order valence-corrected chi connectivity index (χ0v) is 17.1. The molecular weight excluding hydrogens is 404 g/mol. The minimum Gasteiger partial charge on any atom is -0.445 e. The van der Waals surface area contributed by atoms with Crippen LogP contribution in [0.2, 0.25) is 0 Å². The van der Waals surface area contributed by atoms with E-state index in [1.165, 1.54) is 12.2 Å².